The van der Waals surface area contributed by atoms with E-state index in [2.05, 4.69) is 22.9 Å². The third-order valence-corrected chi connectivity index (χ3v) is 9.16. The first-order valence-electron chi connectivity index (χ1n) is 17.6. The van der Waals surface area contributed by atoms with E-state index in [-0.39, 0.29) is 6.61 Å². The van der Waals surface area contributed by atoms with Crippen LogP contribution in [0.4, 0.5) is 0 Å². The zero-order valence-electron chi connectivity index (χ0n) is 29.5. The zero-order chi connectivity index (χ0) is 34.3. The van der Waals surface area contributed by atoms with Gasteiger partial charge in [-0.2, -0.15) is 0 Å². The molecule has 0 aliphatic heterocycles. The molecule has 13 heteroatoms. The summed E-state index contributed by atoms with van der Waals surface area (Å²) in [7, 11) is -2.22. The number of likely N-dealkylation sites (N-methyl/N-ethyl adjacent to an activating group) is 1. The molecular formula is C32H72NO10P2+. The predicted molar refractivity (Wildman–Crippen MR) is 183 cm³/mol. The summed E-state index contributed by atoms with van der Waals surface area (Å²) in [5.74, 6) is 0. The second kappa shape index (κ2) is 31.4. The Kier molecular flexibility index (Phi) is 32.9. The molecule has 0 fully saturated rings. The molecule has 0 saturated heterocycles. The van der Waals surface area contributed by atoms with Gasteiger partial charge in [-0.3, -0.25) is 18.1 Å². The summed E-state index contributed by atoms with van der Waals surface area (Å²) in [4.78, 5) is 18.9. The Morgan fingerprint density at radius 3 is 1.18 bits per heavy atom. The number of phosphoric acid groups is 2. The molecule has 0 aromatic heterocycles. The van der Waals surface area contributed by atoms with E-state index in [0.29, 0.717) is 24.2 Å². The van der Waals surface area contributed by atoms with Crippen LogP contribution in [-0.2, 0) is 27.2 Å². The van der Waals surface area contributed by atoms with E-state index < -0.39 is 35.0 Å². The molecule has 0 saturated carbocycles. The van der Waals surface area contributed by atoms with Gasteiger partial charge in [0, 0.05) is 0 Å². The van der Waals surface area contributed by atoms with E-state index in [1.54, 1.807) is 0 Å². The van der Waals surface area contributed by atoms with Crippen LogP contribution in [0.5, 0.6) is 0 Å². The van der Waals surface area contributed by atoms with Gasteiger partial charge in [-0.1, -0.05) is 129 Å². The Morgan fingerprint density at radius 2 is 0.844 bits per heavy atom. The van der Waals surface area contributed by atoms with Crippen LogP contribution in [0.25, 0.3) is 0 Å². The monoisotopic (exact) mass is 692 g/mol. The number of nitrogens with zero attached hydrogens (tertiary/aromatic N) is 1. The first-order valence-corrected chi connectivity index (χ1v) is 20.6. The highest BCUT2D eigenvalue weighted by Crippen LogP contribution is 2.44. The van der Waals surface area contributed by atoms with Gasteiger partial charge in [-0.05, 0) is 12.8 Å². The Labute approximate surface area is 276 Å². The fourth-order valence-corrected chi connectivity index (χ4v) is 5.82. The lowest BCUT2D eigenvalue weighted by molar-refractivity contribution is -0.870. The van der Waals surface area contributed by atoms with Crippen molar-refractivity contribution in [1.29, 1.82) is 0 Å². The Balaban J connectivity index is 0. The molecule has 2 atom stereocenters. The molecular weight excluding hydrogens is 620 g/mol. The third-order valence-electron chi connectivity index (χ3n) is 7.16. The Morgan fingerprint density at radius 1 is 0.533 bits per heavy atom. The van der Waals surface area contributed by atoms with Crippen LogP contribution in [0, 0.1) is 0 Å². The molecule has 0 aromatic carbocycles. The summed E-state index contributed by atoms with van der Waals surface area (Å²) >= 11 is 0. The van der Waals surface area contributed by atoms with Crippen molar-refractivity contribution >= 4 is 15.6 Å². The van der Waals surface area contributed by atoms with Crippen molar-refractivity contribution in [2.75, 3.05) is 60.7 Å². The maximum Gasteiger partial charge on any atom is 0.472 e. The van der Waals surface area contributed by atoms with Gasteiger partial charge in [0.05, 0.1) is 47.6 Å². The average molecular weight is 693 g/mol. The fraction of sp³-hybridized carbons (Fsp3) is 1.00. The molecule has 0 radical (unpaired) electrons. The summed E-state index contributed by atoms with van der Waals surface area (Å²) in [6, 6.07) is 0. The van der Waals surface area contributed by atoms with E-state index in [1.807, 2.05) is 21.1 Å². The van der Waals surface area contributed by atoms with Gasteiger partial charge in [0.1, 0.15) is 19.3 Å². The van der Waals surface area contributed by atoms with Gasteiger partial charge in [-0.15, -0.1) is 0 Å². The molecule has 0 aliphatic carbocycles. The molecule has 0 heterocycles. The van der Waals surface area contributed by atoms with Crippen LogP contribution < -0.4 is 0 Å². The lowest BCUT2D eigenvalue weighted by atomic mass is 10.1. The SMILES string of the molecule is CCCCCCCCCCCCOP(=O)(O)OCCCCCCCCCCCC.C[N+](C)(C)CCOP(=O)(O)OCC(O)CO. The van der Waals surface area contributed by atoms with E-state index in [9.17, 15) is 14.0 Å². The van der Waals surface area contributed by atoms with Crippen molar-refractivity contribution in [3.8, 4) is 0 Å². The smallest absolute Gasteiger partial charge is 0.394 e. The first kappa shape index (κ1) is 47.2. The zero-order valence-corrected chi connectivity index (χ0v) is 31.3. The minimum absolute atomic E-state index is 0.0759. The molecule has 0 aliphatic rings. The number of aliphatic hydroxyl groups excluding tert-OH is 2. The van der Waals surface area contributed by atoms with Crippen LogP contribution in [0.15, 0.2) is 0 Å². The summed E-state index contributed by atoms with van der Waals surface area (Å²) < 4.78 is 43.0. The van der Waals surface area contributed by atoms with E-state index in [1.165, 1.54) is 103 Å². The molecule has 45 heavy (non-hydrogen) atoms. The van der Waals surface area contributed by atoms with E-state index in [4.69, 9.17) is 24.2 Å². The molecule has 0 rings (SSSR count). The van der Waals surface area contributed by atoms with Crippen LogP contribution in [0.3, 0.4) is 0 Å². The average Bonchev–Trinajstić information content (AvgIpc) is 2.97. The highest BCUT2D eigenvalue weighted by atomic mass is 31.2. The standard InChI is InChI=1S/C24H51O4P.C8H20NO6P/c1-3-5-7-9-11-13-15-17-19-21-23-27-29(25,26)28-24-22-20-18-16-14-12-10-8-6-4-2;1-9(2,3)4-5-14-16(12,13)15-7-8(11)6-10/h3-24H2,1-2H3,(H,25,26);8,10-11H,4-7H2,1-3H3/p+1. The maximum absolute atomic E-state index is 11.8. The molecule has 4 N–H and O–H groups in total. The number of aliphatic hydroxyl groups is 2. The number of rotatable bonds is 32. The van der Waals surface area contributed by atoms with Gasteiger partial charge >= 0.3 is 15.6 Å². The van der Waals surface area contributed by atoms with Crippen LogP contribution >= 0.6 is 15.6 Å². The normalized spacial score (nSPS) is 14.2. The number of phosphoric ester groups is 2. The minimum Gasteiger partial charge on any atom is -0.394 e. The molecule has 0 aromatic rings. The van der Waals surface area contributed by atoms with Crippen molar-refractivity contribution in [3.05, 3.63) is 0 Å². The molecule has 0 bridgehead atoms. The maximum atomic E-state index is 11.8. The second-order valence-corrected chi connectivity index (χ2v) is 15.9. The highest BCUT2D eigenvalue weighted by Gasteiger charge is 2.23. The number of unbranched alkanes of at least 4 members (excludes halogenated alkanes) is 18. The number of hydrogen-bond donors (Lipinski definition) is 4. The Bertz CT molecular complexity index is 695. The third kappa shape index (κ3) is 40.2. The van der Waals surface area contributed by atoms with Crippen molar-refractivity contribution in [2.24, 2.45) is 0 Å². The van der Waals surface area contributed by atoms with Crippen LogP contribution in [-0.4, -0.2) is 91.3 Å². The molecule has 11 nitrogen and oxygen atoms in total. The summed E-state index contributed by atoms with van der Waals surface area (Å²) in [6.07, 6.45) is 23.6. The van der Waals surface area contributed by atoms with Crippen LogP contribution in [0.2, 0.25) is 0 Å². The van der Waals surface area contributed by atoms with Gasteiger partial charge in [0.25, 0.3) is 0 Å². The summed E-state index contributed by atoms with van der Waals surface area (Å²) in [6.45, 7) is 4.80. The lowest BCUT2D eigenvalue weighted by Gasteiger charge is -2.24. The predicted octanol–water partition coefficient (Wildman–Crippen LogP) is 8.14. The lowest BCUT2D eigenvalue weighted by Crippen LogP contribution is -2.37. The molecule has 274 valence electrons. The summed E-state index contributed by atoms with van der Waals surface area (Å²) in [5, 5.41) is 17.4. The number of hydrogen-bond acceptors (Lipinski definition) is 8. The van der Waals surface area contributed by atoms with Crippen molar-refractivity contribution < 1.29 is 51.7 Å². The van der Waals surface area contributed by atoms with Gasteiger partial charge < -0.3 is 24.5 Å². The van der Waals surface area contributed by atoms with E-state index in [0.717, 1.165) is 25.7 Å². The minimum atomic E-state index is -4.13. The largest absolute Gasteiger partial charge is 0.472 e. The first-order chi connectivity index (χ1) is 21.3. The topological polar surface area (TPSA) is 152 Å². The summed E-state index contributed by atoms with van der Waals surface area (Å²) in [5.41, 5.74) is 0. The molecule has 0 amide bonds. The molecule has 0 spiro atoms. The van der Waals surface area contributed by atoms with Gasteiger partial charge in [0.15, 0.2) is 0 Å². The Hall–Kier alpha value is 0.1000. The fourth-order valence-electron chi connectivity index (χ4n) is 4.28. The quantitative estimate of drug-likeness (QED) is 0.0309. The molecule has 2 unspecified atom stereocenters. The second-order valence-electron chi connectivity index (χ2n) is 12.9. The van der Waals surface area contributed by atoms with Crippen molar-refractivity contribution in [2.45, 2.75) is 148 Å². The van der Waals surface area contributed by atoms with Crippen LogP contribution in [0.1, 0.15) is 142 Å². The number of quaternary nitrogens is 1. The van der Waals surface area contributed by atoms with Crippen molar-refractivity contribution in [1.82, 2.24) is 0 Å². The van der Waals surface area contributed by atoms with Gasteiger partial charge in [0.2, 0.25) is 0 Å². The highest BCUT2D eigenvalue weighted by molar-refractivity contribution is 7.47. The van der Waals surface area contributed by atoms with Crippen molar-refractivity contribution in [3.63, 3.8) is 0 Å². The van der Waals surface area contributed by atoms with Gasteiger partial charge in [-0.25, -0.2) is 9.13 Å². The van der Waals surface area contributed by atoms with E-state index >= 15 is 0 Å².